The van der Waals surface area contributed by atoms with Gasteiger partial charge >= 0.3 is 0 Å². The van der Waals surface area contributed by atoms with Gasteiger partial charge in [0.25, 0.3) is 0 Å². The Morgan fingerprint density at radius 3 is 2.55 bits per heavy atom. The summed E-state index contributed by atoms with van der Waals surface area (Å²) in [6.45, 7) is 0.572. The minimum Gasteiger partial charge on any atom is -0.330 e. The van der Waals surface area contributed by atoms with Crippen molar-refractivity contribution < 1.29 is 8.42 Å². The van der Waals surface area contributed by atoms with Crippen LogP contribution in [0.4, 0.5) is 0 Å². The number of thioether (sulfide) groups is 1. The van der Waals surface area contributed by atoms with Crippen LogP contribution in [0.3, 0.4) is 0 Å². The molecular formula is C14H22N2O2S2. The lowest BCUT2D eigenvalue weighted by atomic mass is 10.2. The van der Waals surface area contributed by atoms with E-state index in [0.717, 1.165) is 31.2 Å². The van der Waals surface area contributed by atoms with Gasteiger partial charge in [0, 0.05) is 11.3 Å². The molecule has 1 saturated carbocycles. The van der Waals surface area contributed by atoms with Gasteiger partial charge in [-0.25, -0.2) is 13.1 Å². The molecule has 1 aliphatic carbocycles. The van der Waals surface area contributed by atoms with Crippen LogP contribution in [0.5, 0.6) is 0 Å². The molecule has 0 bridgehead atoms. The minimum absolute atomic E-state index is 0.0705. The predicted molar refractivity (Wildman–Crippen MR) is 84.5 cm³/mol. The first-order chi connectivity index (χ1) is 9.55. The zero-order valence-corrected chi connectivity index (χ0v) is 13.3. The second-order valence-electron chi connectivity index (χ2n) is 5.17. The van der Waals surface area contributed by atoms with Gasteiger partial charge in [-0.2, -0.15) is 11.8 Å². The van der Waals surface area contributed by atoms with Crippen molar-refractivity contribution >= 4 is 21.8 Å². The molecule has 0 heterocycles. The van der Waals surface area contributed by atoms with Crippen molar-refractivity contribution in [2.24, 2.45) is 5.73 Å². The number of hydrogen-bond acceptors (Lipinski definition) is 4. The zero-order chi connectivity index (χ0) is 14.6. The number of sulfonamides is 1. The van der Waals surface area contributed by atoms with Gasteiger partial charge in [0.05, 0.1) is 4.90 Å². The Balaban J connectivity index is 2.03. The quantitative estimate of drug-likeness (QED) is 0.839. The molecule has 20 heavy (non-hydrogen) atoms. The highest BCUT2D eigenvalue weighted by atomic mass is 32.2. The summed E-state index contributed by atoms with van der Waals surface area (Å²) < 4.78 is 27.4. The van der Waals surface area contributed by atoms with Gasteiger partial charge in [-0.3, -0.25) is 0 Å². The minimum atomic E-state index is -3.40. The topological polar surface area (TPSA) is 72.2 Å². The number of nitrogens with one attached hydrogen (secondary N) is 1. The lowest BCUT2D eigenvalue weighted by molar-refractivity contribution is 0.552. The van der Waals surface area contributed by atoms with Crippen molar-refractivity contribution in [2.45, 2.75) is 41.9 Å². The van der Waals surface area contributed by atoms with Crippen molar-refractivity contribution in [1.29, 1.82) is 0 Å². The molecule has 0 spiro atoms. The molecule has 1 aromatic carbocycles. The van der Waals surface area contributed by atoms with Gasteiger partial charge in [0.1, 0.15) is 0 Å². The second-order valence-corrected chi connectivity index (χ2v) is 8.02. The van der Waals surface area contributed by atoms with Crippen LogP contribution in [0.25, 0.3) is 0 Å². The summed E-state index contributed by atoms with van der Waals surface area (Å²) in [5, 5.41) is 0.578. The SMILES string of the molecule is CSC1CCC(NS(=O)(=O)c2ccc(CCN)cc2)C1. The number of hydrogen-bond donors (Lipinski definition) is 2. The van der Waals surface area contributed by atoms with Crippen LogP contribution in [0, 0.1) is 0 Å². The molecule has 1 aliphatic rings. The Kier molecular flexibility index (Phi) is 5.49. The molecule has 112 valence electrons. The largest absolute Gasteiger partial charge is 0.330 e. The lowest BCUT2D eigenvalue weighted by Gasteiger charge is -2.13. The van der Waals surface area contributed by atoms with Crippen LogP contribution >= 0.6 is 11.8 Å². The Morgan fingerprint density at radius 2 is 2.00 bits per heavy atom. The maximum absolute atomic E-state index is 12.3. The molecule has 2 unspecified atom stereocenters. The summed E-state index contributed by atoms with van der Waals surface area (Å²) in [6.07, 6.45) is 5.79. The van der Waals surface area contributed by atoms with Crippen molar-refractivity contribution in [3.05, 3.63) is 29.8 Å². The van der Waals surface area contributed by atoms with Crippen LogP contribution in [-0.4, -0.2) is 32.5 Å². The standard InChI is InChI=1S/C14H22N2O2S2/c1-19-13-5-4-12(10-13)16-20(17,18)14-6-2-11(3-7-14)8-9-15/h2-3,6-7,12-13,16H,4-5,8-10,15H2,1H3. The third kappa shape index (κ3) is 3.97. The van der Waals surface area contributed by atoms with Crippen LogP contribution in [0.15, 0.2) is 29.2 Å². The van der Waals surface area contributed by atoms with Gasteiger partial charge in [0.15, 0.2) is 0 Å². The molecule has 1 fully saturated rings. The van der Waals surface area contributed by atoms with Gasteiger partial charge in [-0.15, -0.1) is 0 Å². The highest BCUT2D eigenvalue weighted by Crippen LogP contribution is 2.29. The first kappa shape index (κ1) is 15.8. The summed E-state index contributed by atoms with van der Waals surface area (Å²) in [7, 11) is -3.40. The average molecular weight is 314 g/mol. The van der Waals surface area contributed by atoms with Crippen molar-refractivity contribution in [1.82, 2.24) is 4.72 Å². The maximum Gasteiger partial charge on any atom is 0.240 e. The summed E-state index contributed by atoms with van der Waals surface area (Å²) in [5.41, 5.74) is 6.55. The first-order valence-corrected chi connectivity index (χ1v) is 9.66. The summed E-state index contributed by atoms with van der Waals surface area (Å²) in [4.78, 5) is 0.339. The summed E-state index contributed by atoms with van der Waals surface area (Å²) >= 11 is 1.82. The third-order valence-corrected chi connectivity index (χ3v) is 6.34. The highest BCUT2D eigenvalue weighted by molar-refractivity contribution is 7.99. The first-order valence-electron chi connectivity index (χ1n) is 6.89. The molecule has 4 nitrogen and oxygen atoms in total. The van der Waals surface area contributed by atoms with Gasteiger partial charge in [0.2, 0.25) is 10.0 Å². The Morgan fingerprint density at radius 1 is 1.30 bits per heavy atom. The molecule has 0 aliphatic heterocycles. The normalized spacial score (nSPS) is 23.1. The van der Waals surface area contributed by atoms with Gasteiger partial charge in [-0.1, -0.05) is 12.1 Å². The molecule has 0 amide bonds. The van der Waals surface area contributed by atoms with E-state index in [1.54, 1.807) is 12.1 Å². The van der Waals surface area contributed by atoms with Gasteiger partial charge < -0.3 is 5.73 Å². The van der Waals surface area contributed by atoms with E-state index < -0.39 is 10.0 Å². The van der Waals surface area contributed by atoms with E-state index in [4.69, 9.17) is 5.73 Å². The molecule has 3 N–H and O–H groups in total. The Hall–Kier alpha value is -0.560. The smallest absolute Gasteiger partial charge is 0.240 e. The monoisotopic (exact) mass is 314 g/mol. The predicted octanol–water partition coefficient (Wildman–Crippen LogP) is 1.75. The highest BCUT2D eigenvalue weighted by Gasteiger charge is 2.28. The van der Waals surface area contributed by atoms with E-state index in [1.165, 1.54) is 0 Å². The Bertz CT molecular complexity index is 529. The van der Waals surface area contributed by atoms with Crippen molar-refractivity contribution in [2.75, 3.05) is 12.8 Å². The molecule has 2 rings (SSSR count). The number of nitrogens with two attached hydrogens (primary N) is 1. The van der Waals surface area contributed by atoms with E-state index >= 15 is 0 Å². The number of benzene rings is 1. The van der Waals surface area contributed by atoms with Crippen molar-refractivity contribution in [3.63, 3.8) is 0 Å². The molecule has 0 saturated heterocycles. The molecule has 0 radical (unpaired) electrons. The van der Waals surface area contributed by atoms with Crippen LogP contribution in [0.2, 0.25) is 0 Å². The Labute approximate surface area is 125 Å². The lowest BCUT2D eigenvalue weighted by Crippen LogP contribution is -2.33. The summed E-state index contributed by atoms with van der Waals surface area (Å²) in [6, 6.07) is 7.06. The fourth-order valence-corrected chi connectivity index (χ4v) is 4.63. The van der Waals surface area contributed by atoms with E-state index in [2.05, 4.69) is 11.0 Å². The average Bonchev–Trinajstić information content (AvgIpc) is 2.87. The fraction of sp³-hybridized carbons (Fsp3) is 0.571. The van der Waals surface area contributed by atoms with E-state index in [9.17, 15) is 8.42 Å². The maximum atomic E-state index is 12.3. The van der Waals surface area contributed by atoms with E-state index in [0.29, 0.717) is 16.7 Å². The van der Waals surface area contributed by atoms with Crippen LogP contribution in [-0.2, 0) is 16.4 Å². The fourth-order valence-electron chi connectivity index (χ4n) is 2.55. The third-order valence-electron chi connectivity index (χ3n) is 3.71. The molecular weight excluding hydrogens is 292 g/mol. The molecule has 1 aromatic rings. The van der Waals surface area contributed by atoms with Crippen molar-refractivity contribution in [3.8, 4) is 0 Å². The van der Waals surface area contributed by atoms with Gasteiger partial charge in [-0.05, 0) is 56.2 Å². The molecule has 6 heteroatoms. The molecule has 2 atom stereocenters. The van der Waals surface area contributed by atoms with Crippen LogP contribution < -0.4 is 10.5 Å². The van der Waals surface area contributed by atoms with Crippen LogP contribution in [0.1, 0.15) is 24.8 Å². The van der Waals surface area contributed by atoms with E-state index in [1.807, 2.05) is 23.9 Å². The summed E-state index contributed by atoms with van der Waals surface area (Å²) in [5.74, 6) is 0. The zero-order valence-electron chi connectivity index (χ0n) is 11.7. The van der Waals surface area contributed by atoms with E-state index in [-0.39, 0.29) is 6.04 Å². The second kappa shape index (κ2) is 6.93. The molecule has 0 aromatic heterocycles. The number of rotatable bonds is 6.